The molecule has 0 bridgehead atoms. The first-order valence-corrected chi connectivity index (χ1v) is 13.5. The molecule has 0 saturated carbocycles. The Morgan fingerprint density at radius 3 is 2.36 bits per heavy atom. The minimum Gasteiger partial charge on any atom is -0.490 e. The Kier molecular flexibility index (Phi) is 8.35. The summed E-state index contributed by atoms with van der Waals surface area (Å²) < 4.78 is 6.34. The normalized spacial score (nSPS) is 17.3. The van der Waals surface area contributed by atoms with Crippen molar-refractivity contribution in [3.8, 4) is 5.75 Å². The SMILES string of the molecule is COc1c(CN(C)CCN(C)C)cc(C(C)(C)C)cc1[N+]1(c2cc(C)ccc2C)C=C(c2cccnc2)N=N1. The summed E-state index contributed by atoms with van der Waals surface area (Å²) in [5, 5.41) is 9.76. The quantitative estimate of drug-likeness (QED) is 0.281. The molecule has 4 rings (SSSR count). The second-order valence-electron chi connectivity index (χ2n) is 11.9. The number of benzene rings is 2. The molecule has 0 saturated heterocycles. The van der Waals surface area contributed by atoms with E-state index >= 15 is 0 Å². The zero-order valence-corrected chi connectivity index (χ0v) is 25.0. The number of likely N-dealkylation sites (N-methyl/N-ethyl adjacent to an activating group) is 2. The van der Waals surface area contributed by atoms with Gasteiger partial charge in [0.05, 0.1) is 7.11 Å². The van der Waals surface area contributed by atoms with Gasteiger partial charge in [0.15, 0.2) is 23.3 Å². The third-order valence-corrected chi connectivity index (χ3v) is 7.24. The number of nitrogens with zero attached hydrogens (tertiary/aromatic N) is 6. The van der Waals surface area contributed by atoms with Gasteiger partial charge in [-0.1, -0.05) is 42.6 Å². The van der Waals surface area contributed by atoms with Crippen LogP contribution in [0.4, 0.5) is 11.4 Å². The summed E-state index contributed by atoms with van der Waals surface area (Å²) in [6, 6.07) is 15.0. The summed E-state index contributed by atoms with van der Waals surface area (Å²) in [7, 11) is 8.14. The first-order chi connectivity index (χ1) is 18.4. The zero-order chi connectivity index (χ0) is 28.4. The molecule has 206 valence electrons. The van der Waals surface area contributed by atoms with Crippen LogP contribution in [0.2, 0.25) is 0 Å². The van der Waals surface area contributed by atoms with Gasteiger partial charge in [0.1, 0.15) is 0 Å². The Balaban J connectivity index is 2.00. The number of hydrogen-bond acceptors (Lipinski definition) is 6. The highest BCUT2D eigenvalue weighted by Gasteiger charge is 2.44. The third kappa shape index (κ3) is 6.11. The van der Waals surface area contributed by atoms with Crippen LogP contribution in [0.5, 0.6) is 5.75 Å². The topological polar surface area (TPSA) is 53.3 Å². The van der Waals surface area contributed by atoms with E-state index in [0.29, 0.717) is 0 Å². The fourth-order valence-corrected chi connectivity index (χ4v) is 4.90. The molecule has 2 aromatic carbocycles. The van der Waals surface area contributed by atoms with Crippen LogP contribution in [0.1, 0.15) is 48.6 Å². The van der Waals surface area contributed by atoms with Crippen molar-refractivity contribution in [2.24, 2.45) is 10.3 Å². The number of rotatable bonds is 9. The van der Waals surface area contributed by atoms with E-state index in [2.05, 4.69) is 107 Å². The van der Waals surface area contributed by atoms with Crippen LogP contribution in [0, 0.1) is 13.8 Å². The van der Waals surface area contributed by atoms with Gasteiger partial charge < -0.3 is 14.5 Å². The van der Waals surface area contributed by atoms with Crippen molar-refractivity contribution in [3.05, 3.63) is 88.9 Å². The molecule has 2 heterocycles. The van der Waals surface area contributed by atoms with Gasteiger partial charge >= 0.3 is 0 Å². The van der Waals surface area contributed by atoms with Gasteiger partial charge in [-0.3, -0.25) is 4.98 Å². The van der Waals surface area contributed by atoms with Crippen LogP contribution in [-0.4, -0.2) is 56.1 Å². The van der Waals surface area contributed by atoms with E-state index in [1.807, 2.05) is 18.3 Å². The summed E-state index contributed by atoms with van der Waals surface area (Å²) >= 11 is 0. The number of aromatic nitrogens is 1. The molecule has 3 aromatic rings. The standard InChI is InChI=1S/C32H43N6O/c1-23-12-13-24(2)29(17-23)38(22-28(34-35-38)25-11-10-14-33-20-25)30-19-27(32(3,4)5)18-26(31(30)39-9)21-37(8)16-15-36(6)7/h10-14,17-20,22H,15-16,21H2,1-9H3/q+1. The van der Waals surface area contributed by atoms with Gasteiger partial charge in [-0.2, -0.15) is 0 Å². The fraction of sp³-hybridized carbons (Fsp3) is 0.406. The van der Waals surface area contributed by atoms with E-state index in [4.69, 9.17) is 15.1 Å². The van der Waals surface area contributed by atoms with E-state index in [0.717, 1.165) is 59.1 Å². The molecule has 1 aromatic heterocycles. The minimum absolute atomic E-state index is 0.0730. The van der Waals surface area contributed by atoms with Gasteiger partial charge in [0.2, 0.25) is 5.69 Å². The Hall–Kier alpha value is -3.39. The van der Waals surface area contributed by atoms with E-state index < -0.39 is 0 Å². The van der Waals surface area contributed by atoms with Gasteiger partial charge in [-0.25, -0.2) is 0 Å². The largest absolute Gasteiger partial charge is 0.490 e. The highest BCUT2D eigenvalue weighted by molar-refractivity contribution is 5.77. The van der Waals surface area contributed by atoms with Gasteiger partial charge in [-0.05, 0) is 69.7 Å². The summed E-state index contributed by atoms with van der Waals surface area (Å²) in [4.78, 5) is 8.88. The molecule has 0 fully saturated rings. The first kappa shape index (κ1) is 28.6. The van der Waals surface area contributed by atoms with Crippen molar-refractivity contribution in [2.45, 2.75) is 46.6 Å². The lowest BCUT2D eigenvalue weighted by Gasteiger charge is -2.30. The predicted molar refractivity (Wildman–Crippen MR) is 161 cm³/mol. The van der Waals surface area contributed by atoms with Crippen molar-refractivity contribution in [1.82, 2.24) is 19.4 Å². The molecule has 1 atom stereocenters. The lowest BCUT2D eigenvalue weighted by Crippen LogP contribution is -2.33. The van der Waals surface area contributed by atoms with Crippen LogP contribution in [0.15, 0.2) is 71.4 Å². The van der Waals surface area contributed by atoms with Crippen molar-refractivity contribution in [3.63, 3.8) is 0 Å². The summed E-state index contributed by atoms with van der Waals surface area (Å²) in [5.41, 5.74) is 8.33. The van der Waals surface area contributed by atoms with Crippen molar-refractivity contribution < 1.29 is 4.74 Å². The molecule has 1 unspecified atom stereocenters. The highest BCUT2D eigenvalue weighted by Crippen LogP contribution is 2.50. The molecule has 0 spiro atoms. The van der Waals surface area contributed by atoms with Gasteiger partial charge in [-0.15, -0.1) is 0 Å². The predicted octanol–water partition coefficient (Wildman–Crippen LogP) is 7.02. The second kappa shape index (κ2) is 11.4. The van der Waals surface area contributed by atoms with Crippen LogP contribution in [0.25, 0.3) is 5.70 Å². The maximum absolute atomic E-state index is 6.24. The summed E-state index contributed by atoms with van der Waals surface area (Å²) in [6.45, 7) is 13.7. The Morgan fingerprint density at radius 2 is 1.72 bits per heavy atom. The maximum atomic E-state index is 6.24. The molecular formula is C32H43N6O+. The molecule has 0 N–H and O–H groups in total. The molecule has 1 aliphatic rings. The molecule has 7 heteroatoms. The lowest BCUT2D eigenvalue weighted by molar-refractivity contribution is 0.272. The van der Waals surface area contributed by atoms with Crippen LogP contribution in [-0.2, 0) is 12.0 Å². The first-order valence-electron chi connectivity index (χ1n) is 13.5. The lowest BCUT2D eigenvalue weighted by atomic mass is 9.85. The number of ether oxygens (including phenoxy) is 1. The van der Waals surface area contributed by atoms with Crippen molar-refractivity contribution in [1.29, 1.82) is 0 Å². The molecule has 1 aliphatic heterocycles. The molecule has 39 heavy (non-hydrogen) atoms. The van der Waals surface area contributed by atoms with E-state index in [1.54, 1.807) is 13.3 Å². The third-order valence-electron chi connectivity index (χ3n) is 7.24. The number of aryl methyl sites for hydroxylation is 2. The highest BCUT2D eigenvalue weighted by atomic mass is 16.5. The van der Waals surface area contributed by atoms with E-state index in [1.165, 1.54) is 11.1 Å². The summed E-state index contributed by atoms with van der Waals surface area (Å²) in [6.07, 6.45) is 5.74. The van der Waals surface area contributed by atoms with E-state index in [-0.39, 0.29) is 10.0 Å². The van der Waals surface area contributed by atoms with Gasteiger partial charge in [0.25, 0.3) is 0 Å². The Bertz CT molecular complexity index is 1370. The number of quaternary nitrogens is 1. The van der Waals surface area contributed by atoms with Crippen LogP contribution < -0.4 is 9.33 Å². The smallest absolute Gasteiger partial charge is 0.213 e. The average molecular weight is 528 g/mol. The molecule has 7 nitrogen and oxygen atoms in total. The molecule has 0 radical (unpaired) electrons. The zero-order valence-electron chi connectivity index (χ0n) is 25.0. The molecule has 0 amide bonds. The average Bonchev–Trinajstić information content (AvgIpc) is 3.35. The van der Waals surface area contributed by atoms with Crippen molar-refractivity contribution in [2.75, 3.05) is 41.3 Å². The van der Waals surface area contributed by atoms with Crippen LogP contribution >= 0.6 is 0 Å². The Labute approximate surface area is 234 Å². The minimum atomic E-state index is -0.0730. The number of hydrogen-bond donors (Lipinski definition) is 0. The molecular weight excluding hydrogens is 484 g/mol. The van der Waals surface area contributed by atoms with Crippen LogP contribution in [0.3, 0.4) is 0 Å². The number of methoxy groups -OCH3 is 1. The molecule has 0 aliphatic carbocycles. The van der Waals surface area contributed by atoms with E-state index in [9.17, 15) is 0 Å². The fourth-order valence-electron chi connectivity index (χ4n) is 4.90. The number of pyridine rings is 1. The summed E-state index contributed by atoms with van der Waals surface area (Å²) in [5.74, 6) is 0.836. The monoisotopic (exact) mass is 527 g/mol. The maximum Gasteiger partial charge on any atom is 0.213 e. The van der Waals surface area contributed by atoms with Crippen molar-refractivity contribution >= 4 is 17.1 Å². The second-order valence-corrected chi connectivity index (χ2v) is 11.9. The van der Waals surface area contributed by atoms with Gasteiger partial charge in [0, 0.05) is 66.1 Å². The Morgan fingerprint density at radius 1 is 0.949 bits per heavy atom.